The van der Waals surface area contributed by atoms with Crippen molar-refractivity contribution in [2.45, 2.75) is 65.6 Å². The number of aromatic hydroxyl groups is 1. The van der Waals surface area contributed by atoms with Crippen LogP contribution in [-0.2, 0) is 25.5 Å². The quantitative estimate of drug-likeness (QED) is 0.570. The summed E-state index contributed by atoms with van der Waals surface area (Å²) < 4.78 is 10.3. The van der Waals surface area contributed by atoms with E-state index in [-0.39, 0.29) is 24.7 Å². The number of ether oxygens (including phenoxy) is 2. The highest BCUT2D eigenvalue weighted by Crippen LogP contribution is 2.13. The molecular weight excluding hydrogens is 376 g/mol. The monoisotopic (exact) mass is 408 g/mol. The molecular formula is C21H32N2O6. The molecule has 0 unspecified atom stereocenters. The fraction of sp³-hybridized carbons (Fsp3) is 0.571. The third kappa shape index (κ3) is 8.85. The highest BCUT2D eigenvalue weighted by molar-refractivity contribution is 5.90. The van der Waals surface area contributed by atoms with E-state index in [1.54, 1.807) is 53.7 Å². The first kappa shape index (κ1) is 24.3. The van der Waals surface area contributed by atoms with Gasteiger partial charge >= 0.3 is 12.1 Å². The predicted octanol–water partition coefficient (Wildman–Crippen LogP) is 2.53. The molecule has 0 aromatic heterocycles. The Morgan fingerprint density at radius 2 is 1.66 bits per heavy atom. The van der Waals surface area contributed by atoms with E-state index in [0.29, 0.717) is 0 Å². The number of alkyl carbamates (subject to hydrolysis) is 1. The van der Waals surface area contributed by atoms with Crippen LogP contribution in [0.2, 0.25) is 0 Å². The number of amides is 2. The molecule has 162 valence electrons. The molecule has 0 saturated heterocycles. The zero-order valence-electron chi connectivity index (χ0n) is 17.9. The molecule has 0 spiro atoms. The molecule has 29 heavy (non-hydrogen) atoms. The second-order valence-electron chi connectivity index (χ2n) is 8.05. The van der Waals surface area contributed by atoms with Gasteiger partial charge < -0.3 is 25.2 Å². The fourth-order valence-corrected chi connectivity index (χ4v) is 2.53. The summed E-state index contributed by atoms with van der Waals surface area (Å²) >= 11 is 0. The average molecular weight is 408 g/mol. The van der Waals surface area contributed by atoms with E-state index in [4.69, 9.17) is 9.47 Å². The molecule has 2 amide bonds. The van der Waals surface area contributed by atoms with Crippen molar-refractivity contribution in [1.29, 1.82) is 0 Å². The van der Waals surface area contributed by atoms with Crippen LogP contribution in [0, 0.1) is 5.92 Å². The van der Waals surface area contributed by atoms with Crippen molar-refractivity contribution < 1.29 is 29.0 Å². The maximum absolute atomic E-state index is 12.8. The van der Waals surface area contributed by atoms with Gasteiger partial charge in [-0.2, -0.15) is 0 Å². The fourth-order valence-electron chi connectivity index (χ4n) is 2.53. The van der Waals surface area contributed by atoms with E-state index < -0.39 is 35.7 Å². The number of phenolic OH excluding ortho intramolecular Hbond substituents is 1. The van der Waals surface area contributed by atoms with Crippen molar-refractivity contribution in [2.75, 3.05) is 6.61 Å². The lowest BCUT2D eigenvalue weighted by Crippen LogP contribution is -2.55. The summed E-state index contributed by atoms with van der Waals surface area (Å²) in [4.78, 5) is 37.3. The van der Waals surface area contributed by atoms with E-state index in [1.807, 2.05) is 0 Å². The van der Waals surface area contributed by atoms with Crippen molar-refractivity contribution in [3.8, 4) is 5.75 Å². The third-order valence-electron chi connectivity index (χ3n) is 3.89. The van der Waals surface area contributed by atoms with Crippen molar-refractivity contribution in [1.82, 2.24) is 10.6 Å². The molecule has 8 heteroatoms. The lowest BCUT2D eigenvalue weighted by Gasteiger charge is -2.26. The molecule has 3 N–H and O–H groups in total. The molecule has 0 bridgehead atoms. The van der Waals surface area contributed by atoms with Crippen molar-refractivity contribution in [2.24, 2.45) is 5.92 Å². The summed E-state index contributed by atoms with van der Waals surface area (Å²) in [5, 5.41) is 14.6. The van der Waals surface area contributed by atoms with Gasteiger partial charge in [0.05, 0.1) is 6.61 Å². The summed E-state index contributed by atoms with van der Waals surface area (Å²) in [6.07, 6.45) is -0.528. The number of hydrogen-bond acceptors (Lipinski definition) is 6. The number of carbonyl (C=O) groups excluding carboxylic acids is 3. The number of esters is 1. The molecule has 0 saturated carbocycles. The minimum atomic E-state index is -0.936. The van der Waals surface area contributed by atoms with Gasteiger partial charge in [-0.3, -0.25) is 4.79 Å². The Hall–Kier alpha value is -2.77. The Kier molecular flexibility index (Phi) is 8.94. The molecule has 0 aliphatic rings. The predicted molar refractivity (Wildman–Crippen MR) is 108 cm³/mol. The third-order valence-corrected chi connectivity index (χ3v) is 3.89. The van der Waals surface area contributed by atoms with Crippen molar-refractivity contribution in [3.05, 3.63) is 29.8 Å². The Labute approximate surface area is 172 Å². The first-order valence-electron chi connectivity index (χ1n) is 9.67. The second-order valence-corrected chi connectivity index (χ2v) is 8.05. The van der Waals surface area contributed by atoms with Gasteiger partial charge in [-0.1, -0.05) is 26.0 Å². The van der Waals surface area contributed by atoms with Gasteiger partial charge in [0.2, 0.25) is 5.91 Å². The molecule has 1 aromatic carbocycles. The zero-order chi connectivity index (χ0) is 22.2. The Morgan fingerprint density at radius 1 is 1.07 bits per heavy atom. The van der Waals surface area contributed by atoms with Crippen LogP contribution < -0.4 is 10.6 Å². The van der Waals surface area contributed by atoms with E-state index in [0.717, 1.165) is 5.56 Å². The van der Waals surface area contributed by atoms with Crippen LogP contribution in [-0.4, -0.2) is 47.4 Å². The van der Waals surface area contributed by atoms with Crippen LogP contribution in [0.1, 0.15) is 47.1 Å². The van der Waals surface area contributed by atoms with Crippen LogP contribution in [0.5, 0.6) is 5.75 Å². The Bertz CT molecular complexity index is 694. The summed E-state index contributed by atoms with van der Waals surface area (Å²) in [5.74, 6) is -1.22. The van der Waals surface area contributed by atoms with Gasteiger partial charge in [-0.15, -0.1) is 0 Å². The SMILES string of the molecule is CCOC(=O)[C@@H](Cc1ccc(O)cc1)NC(=O)[C@H](NC(=O)OC(C)(C)C)C(C)C. The van der Waals surface area contributed by atoms with Crippen LogP contribution in [0.4, 0.5) is 4.79 Å². The van der Waals surface area contributed by atoms with Gasteiger partial charge in [0.25, 0.3) is 0 Å². The van der Waals surface area contributed by atoms with E-state index in [9.17, 15) is 19.5 Å². The molecule has 1 rings (SSSR count). The smallest absolute Gasteiger partial charge is 0.408 e. The Balaban J connectivity index is 2.92. The van der Waals surface area contributed by atoms with Crippen LogP contribution in [0.15, 0.2) is 24.3 Å². The topological polar surface area (TPSA) is 114 Å². The number of phenols is 1. The van der Waals surface area contributed by atoms with Crippen molar-refractivity contribution >= 4 is 18.0 Å². The van der Waals surface area contributed by atoms with Gasteiger partial charge in [0.15, 0.2) is 0 Å². The van der Waals surface area contributed by atoms with E-state index in [1.165, 1.54) is 12.1 Å². The lowest BCUT2D eigenvalue weighted by molar-refractivity contribution is -0.147. The summed E-state index contributed by atoms with van der Waals surface area (Å²) in [5.41, 5.74) is 0.0383. The van der Waals surface area contributed by atoms with Crippen LogP contribution in [0.3, 0.4) is 0 Å². The molecule has 0 fully saturated rings. The maximum Gasteiger partial charge on any atom is 0.408 e. The van der Waals surface area contributed by atoms with Gasteiger partial charge in [-0.25, -0.2) is 9.59 Å². The van der Waals surface area contributed by atoms with E-state index >= 15 is 0 Å². The number of rotatable bonds is 8. The van der Waals surface area contributed by atoms with Crippen LogP contribution in [0.25, 0.3) is 0 Å². The second kappa shape index (κ2) is 10.7. The van der Waals surface area contributed by atoms with Gasteiger partial charge in [0, 0.05) is 6.42 Å². The number of nitrogens with one attached hydrogen (secondary N) is 2. The number of hydrogen-bond donors (Lipinski definition) is 3. The summed E-state index contributed by atoms with van der Waals surface area (Å²) in [7, 11) is 0. The van der Waals surface area contributed by atoms with Gasteiger partial charge in [-0.05, 0) is 51.3 Å². The largest absolute Gasteiger partial charge is 0.508 e. The molecule has 0 heterocycles. The molecule has 8 nitrogen and oxygen atoms in total. The summed E-state index contributed by atoms with van der Waals surface area (Å²) in [6, 6.07) is 4.50. The molecule has 1 aromatic rings. The highest BCUT2D eigenvalue weighted by Gasteiger charge is 2.31. The minimum Gasteiger partial charge on any atom is -0.508 e. The number of carbonyl (C=O) groups is 3. The first-order chi connectivity index (χ1) is 13.4. The number of benzene rings is 1. The molecule has 0 aliphatic carbocycles. The van der Waals surface area contributed by atoms with Crippen LogP contribution >= 0.6 is 0 Å². The van der Waals surface area contributed by atoms with Gasteiger partial charge in [0.1, 0.15) is 23.4 Å². The molecule has 0 radical (unpaired) electrons. The zero-order valence-corrected chi connectivity index (χ0v) is 17.9. The normalized spacial score (nSPS) is 13.3. The lowest BCUT2D eigenvalue weighted by atomic mass is 10.0. The van der Waals surface area contributed by atoms with Crippen molar-refractivity contribution in [3.63, 3.8) is 0 Å². The minimum absolute atomic E-state index is 0.104. The first-order valence-corrected chi connectivity index (χ1v) is 9.67. The summed E-state index contributed by atoms with van der Waals surface area (Å²) in [6.45, 7) is 10.6. The van der Waals surface area contributed by atoms with E-state index in [2.05, 4.69) is 10.6 Å². The highest BCUT2D eigenvalue weighted by atomic mass is 16.6. The Morgan fingerprint density at radius 3 is 2.14 bits per heavy atom. The molecule has 0 aliphatic heterocycles. The molecule has 2 atom stereocenters. The maximum atomic E-state index is 12.8. The standard InChI is InChI=1S/C21H32N2O6/c1-7-28-19(26)16(12-14-8-10-15(24)11-9-14)22-18(25)17(13(2)3)23-20(27)29-21(4,5)6/h8-11,13,16-17,24H,7,12H2,1-6H3,(H,22,25)(H,23,27)/t16-,17-/m1/s1. The average Bonchev–Trinajstić information content (AvgIpc) is 2.59.